The van der Waals surface area contributed by atoms with Crippen molar-refractivity contribution in [3.63, 3.8) is 0 Å². The highest BCUT2D eigenvalue weighted by molar-refractivity contribution is 9.10. The zero-order chi connectivity index (χ0) is 25.6. The average Bonchev–Trinajstić information content (AvgIpc) is 2.90. The lowest BCUT2D eigenvalue weighted by Crippen LogP contribution is -2.40. The van der Waals surface area contributed by atoms with Crippen LogP contribution >= 0.6 is 15.9 Å². The van der Waals surface area contributed by atoms with Crippen LogP contribution in [0.25, 0.3) is 10.9 Å². The zero-order valence-electron chi connectivity index (χ0n) is 20.5. The molecular formula is C28H28BrN5O3. The maximum absolute atomic E-state index is 12.3. The van der Waals surface area contributed by atoms with Gasteiger partial charge in [-0.25, -0.2) is 14.8 Å². The Labute approximate surface area is 224 Å². The van der Waals surface area contributed by atoms with Crippen molar-refractivity contribution >= 4 is 50.0 Å². The predicted molar refractivity (Wildman–Crippen MR) is 148 cm³/mol. The first-order valence-corrected chi connectivity index (χ1v) is 13.0. The molecule has 0 spiro atoms. The Kier molecular flexibility index (Phi) is 7.82. The summed E-state index contributed by atoms with van der Waals surface area (Å²) in [7, 11) is 1.66. The van der Waals surface area contributed by atoms with E-state index < -0.39 is 0 Å². The first-order chi connectivity index (χ1) is 18.1. The summed E-state index contributed by atoms with van der Waals surface area (Å²) < 4.78 is 6.65. The van der Waals surface area contributed by atoms with Gasteiger partial charge in [-0.3, -0.25) is 0 Å². The van der Waals surface area contributed by atoms with Crippen LogP contribution in [0.4, 0.5) is 17.2 Å². The summed E-state index contributed by atoms with van der Waals surface area (Å²) in [6.45, 7) is 1.32. The fraction of sp³-hybridized carbons (Fsp3) is 0.250. The minimum Gasteiger partial charge on any atom is -0.495 e. The third-order valence-corrected chi connectivity index (χ3v) is 6.77. The number of hydrogen-bond donors (Lipinski definition) is 2. The second-order valence-electron chi connectivity index (χ2n) is 8.90. The third-order valence-electron chi connectivity index (χ3n) is 6.28. The Bertz CT molecular complexity index is 1380. The van der Waals surface area contributed by atoms with Gasteiger partial charge in [-0.05, 0) is 42.7 Å². The Hall–Kier alpha value is -3.69. The molecule has 9 heteroatoms. The van der Waals surface area contributed by atoms with Gasteiger partial charge in [0.25, 0.3) is 0 Å². The lowest BCUT2D eigenvalue weighted by molar-refractivity contribution is -0.193. The molecule has 1 aliphatic rings. The van der Waals surface area contributed by atoms with Crippen molar-refractivity contribution in [1.82, 2.24) is 15.0 Å². The number of carbonyl (C=O) groups is 1. The van der Waals surface area contributed by atoms with Crippen molar-refractivity contribution in [2.75, 3.05) is 30.8 Å². The lowest BCUT2D eigenvalue weighted by Gasteiger charge is -2.31. The summed E-state index contributed by atoms with van der Waals surface area (Å²) in [4.78, 5) is 26.8. The second kappa shape index (κ2) is 11.6. The molecule has 0 radical (unpaired) electrons. The molecule has 0 unspecified atom stereocenters. The van der Waals surface area contributed by atoms with E-state index in [4.69, 9.17) is 9.57 Å². The van der Waals surface area contributed by atoms with Gasteiger partial charge in [0.15, 0.2) is 0 Å². The fourth-order valence-electron chi connectivity index (χ4n) is 4.42. The lowest BCUT2D eigenvalue weighted by atomic mass is 10.1. The van der Waals surface area contributed by atoms with Gasteiger partial charge in [0.1, 0.15) is 17.9 Å². The van der Waals surface area contributed by atoms with Crippen LogP contribution < -0.4 is 15.4 Å². The molecule has 37 heavy (non-hydrogen) atoms. The molecule has 4 aromatic rings. The van der Waals surface area contributed by atoms with Crippen molar-refractivity contribution < 1.29 is 14.4 Å². The van der Waals surface area contributed by atoms with E-state index in [-0.39, 0.29) is 18.4 Å². The molecule has 1 saturated heterocycles. The molecule has 1 fully saturated rings. The molecule has 0 amide bonds. The molecule has 190 valence electrons. The van der Waals surface area contributed by atoms with Gasteiger partial charge in [-0.2, -0.15) is 0 Å². The summed E-state index contributed by atoms with van der Waals surface area (Å²) in [6, 6.07) is 21.7. The normalized spacial score (nSPS) is 14.3. The zero-order valence-corrected chi connectivity index (χ0v) is 22.1. The highest BCUT2D eigenvalue weighted by atomic mass is 79.9. The van der Waals surface area contributed by atoms with Crippen LogP contribution in [0.2, 0.25) is 0 Å². The van der Waals surface area contributed by atoms with E-state index in [0.29, 0.717) is 18.9 Å². The van der Waals surface area contributed by atoms with Crippen LogP contribution in [-0.2, 0) is 16.1 Å². The van der Waals surface area contributed by atoms with Crippen LogP contribution in [0.15, 0.2) is 77.5 Å². The number of methoxy groups -OCH3 is 1. The Morgan fingerprint density at radius 3 is 2.62 bits per heavy atom. The number of piperidine rings is 1. The van der Waals surface area contributed by atoms with Gasteiger partial charge in [-0.15, -0.1) is 5.06 Å². The van der Waals surface area contributed by atoms with E-state index in [0.717, 1.165) is 50.9 Å². The molecule has 0 atom stereocenters. The van der Waals surface area contributed by atoms with Crippen molar-refractivity contribution in [3.05, 3.63) is 83.1 Å². The van der Waals surface area contributed by atoms with Crippen LogP contribution in [0, 0.1) is 0 Å². The summed E-state index contributed by atoms with van der Waals surface area (Å²) in [5.41, 5.74) is 3.54. The topological polar surface area (TPSA) is 88.6 Å². The third kappa shape index (κ3) is 6.36. The van der Waals surface area contributed by atoms with Gasteiger partial charge >= 0.3 is 5.97 Å². The molecule has 5 rings (SSSR count). The minimum atomic E-state index is -0.237. The van der Waals surface area contributed by atoms with Crippen LogP contribution in [-0.4, -0.2) is 47.2 Å². The first-order valence-electron chi connectivity index (χ1n) is 12.2. The van der Waals surface area contributed by atoms with E-state index in [1.54, 1.807) is 18.5 Å². The molecule has 0 bridgehead atoms. The summed E-state index contributed by atoms with van der Waals surface area (Å²) in [5, 5.41) is 9.66. The summed E-state index contributed by atoms with van der Waals surface area (Å²) >= 11 is 3.51. The Morgan fingerprint density at radius 1 is 1.05 bits per heavy atom. The van der Waals surface area contributed by atoms with Gasteiger partial charge < -0.3 is 20.2 Å². The number of halogens is 1. The van der Waals surface area contributed by atoms with Crippen LogP contribution in [0.5, 0.6) is 5.75 Å². The van der Waals surface area contributed by atoms with Crippen LogP contribution in [0.1, 0.15) is 18.4 Å². The number of hydroxylamine groups is 2. The number of fused-ring (bicyclic) bond motifs is 1. The largest absolute Gasteiger partial charge is 0.495 e. The monoisotopic (exact) mass is 561 g/mol. The maximum atomic E-state index is 12.3. The van der Waals surface area contributed by atoms with E-state index in [9.17, 15) is 4.79 Å². The Balaban J connectivity index is 1.25. The highest BCUT2D eigenvalue weighted by Gasteiger charge is 2.23. The van der Waals surface area contributed by atoms with Crippen molar-refractivity contribution in [2.24, 2.45) is 0 Å². The van der Waals surface area contributed by atoms with Gasteiger partial charge in [0, 0.05) is 40.7 Å². The van der Waals surface area contributed by atoms with Crippen molar-refractivity contribution in [1.29, 1.82) is 0 Å². The van der Waals surface area contributed by atoms with Gasteiger partial charge in [0.2, 0.25) is 0 Å². The Morgan fingerprint density at radius 2 is 1.86 bits per heavy atom. The number of ether oxygens (including phenoxy) is 1. The van der Waals surface area contributed by atoms with E-state index in [1.165, 1.54) is 0 Å². The van der Waals surface area contributed by atoms with Crippen LogP contribution in [0.3, 0.4) is 0 Å². The molecule has 3 aromatic carbocycles. The van der Waals surface area contributed by atoms with Crippen molar-refractivity contribution in [3.8, 4) is 5.75 Å². The highest BCUT2D eigenvalue weighted by Crippen LogP contribution is 2.34. The standard InChI is InChI=1S/C28H28BrN5O3/c1-36-26-17-24-23(28(31-18-30-24)33-22-9-5-8-20(29)15-22)16-25(26)32-21-10-12-34(13-11-21)37-27(35)14-19-6-3-2-4-7-19/h2-9,15-18,21,32H,10-14H2,1H3,(H,30,31,33). The number of carbonyl (C=O) groups excluding carboxylic acids is 1. The average molecular weight is 562 g/mol. The van der Waals surface area contributed by atoms with Crippen molar-refractivity contribution in [2.45, 2.75) is 25.3 Å². The number of rotatable bonds is 8. The summed E-state index contributed by atoms with van der Waals surface area (Å²) in [6.07, 6.45) is 3.47. The molecule has 0 saturated carbocycles. The summed E-state index contributed by atoms with van der Waals surface area (Å²) in [5.74, 6) is 1.20. The molecule has 0 aliphatic carbocycles. The molecule has 1 aromatic heterocycles. The van der Waals surface area contributed by atoms with E-state index >= 15 is 0 Å². The number of anilines is 3. The molecule has 2 heterocycles. The maximum Gasteiger partial charge on any atom is 0.329 e. The molecule has 1 aliphatic heterocycles. The predicted octanol–water partition coefficient (Wildman–Crippen LogP) is 5.72. The number of nitrogens with zero attached hydrogens (tertiary/aromatic N) is 3. The number of hydrogen-bond acceptors (Lipinski definition) is 8. The van der Waals surface area contributed by atoms with E-state index in [1.807, 2.05) is 66.7 Å². The molecular weight excluding hydrogens is 534 g/mol. The fourth-order valence-corrected chi connectivity index (χ4v) is 4.82. The molecule has 2 N–H and O–H groups in total. The first kappa shape index (κ1) is 25.0. The quantitative estimate of drug-likeness (QED) is 0.282. The number of benzene rings is 3. The van der Waals surface area contributed by atoms with Gasteiger partial charge in [0.05, 0.1) is 24.7 Å². The number of aromatic nitrogens is 2. The SMILES string of the molecule is COc1cc2ncnc(Nc3cccc(Br)c3)c2cc1NC1CCN(OC(=O)Cc2ccccc2)CC1. The number of nitrogens with one attached hydrogen (secondary N) is 2. The minimum absolute atomic E-state index is 0.210. The second-order valence-corrected chi connectivity index (χ2v) is 9.82. The molecule has 8 nitrogen and oxygen atoms in total. The van der Waals surface area contributed by atoms with E-state index in [2.05, 4.69) is 36.5 Å². The smallest absolute Gasteiger partial charge is 0.329 e. The van der Waals surface area contributed by atoms with Gasteiger partial charge in [-0.1, -0.05) is 52.3 Å².